The molecule has 0 spiro atoms. The number of thiazole rings is 1. The molecule has 3 heterocycles. The van der Waals surface area contributed by atoms with E-state index < -0.39 is 0 Å². The Morgan fingerprint density at radius 1 is 1.09 bits per heavy atom. The maximum absolute atomic E-state index is 12.9. The number of carbonyl (C=O) groups excluding carboxylic acids is 1. The fraction of sp³-hybridized carbons (Fsp3) is 0.417. The van der Waals surface area contributed by atoms with Gasteiger partial charge in [0.05, 0.1) is 22.8 Å². The molecule has 1 amide bonds. The van der Waals surface area contributed by atoms with Gasteiger partial charge >= 0.3 is 0 Å². The summed E-state index contributed by atoms with van der Waals surface area (Å²) in [4.78, 5) is 24.2. The van der Waals surface area contributed by atoms with Crippen molar-refractivity contribution in [3.63, 3.8) is 0 Å². The summed E-state index contributed by atoms with van der Waals surface area (Å²) in [6, 6.07) is 14.2. The number of fused-ring (bicyclic) bond motifs is 2. The molecule has 7 nitrogen and oxygen atoms in total. The van der Waals surface area contributed by atoms with Crippen molar-refractivity contribution in [3.05, 3.63) is 53.0 Å². The maximum atomic E-state index is 12.9. The van der Waals surface area contributed by atoms with Gasteiger partial charge in [-0.1, -0.05) is 18.2 Å². The molecular formula is C24H28N4O3S. The summed E-state index contributed by atoms with van der Waals surface area (Å²) >= 11 is 1.66. The molecule has 5 rings (SSSR count). The Balaban J connectivity index is 1.12. The van der Waals surface area contributed by atoms with Crippen LogP contribution in [-0.2, 0) is 11.3 Å². The summed E-state index contributed by atoms with van der Waals surface area (Å²) in [6.07, 6.45) is 0. The molecule has 0 bridgehead atoms. The first-order valence-electron chi connectivity index (χ1n) is 11.0. The third-order valence-electron chi connectivity index (χ3n) is 6.31. The van der Waals surface area contributed by atoms with Crippen molar-refractivity contribution in [1.29, 1.82) is 0 Å². The molecule has 8 heteroatoms. The lowest BCUT2D eigenvalue weighted by atomic mass is 10.1. The third-order valence-corrected chi connectivity index (χ3v) is 7.52. The zero-order valence-electron chi connectivity index (χ0n) is 18.5. The number of para-hydroxylation sites is 1. The van der Waals surface area contributed by atoms with Crippen LogP contribution in [0.1, 0.15) is 23.5 Å². The second-order valence-electron chi connectivity index (χ2n) is 8.44. The predicted molar refractivity (Wildman–Crippen MR) is 125 cm³/mol. The summed E-state index contributed by atoms with van der Waals surface area (Å²) in [5.41, 5.74) is 2.22. The fourth-order valence-corrected chi connectivity index (χ4v) is 5.22. The highest BCUT2D eigenvalue weighted by atomic mass is 32.1. The summed E-state index contributed by atoms with van der Waals surface area (Å²) in [7, 11) is 1.88. The molecule has 2 aromatic carbocycles. The molecule has 1 aromatic heterocycles. The van der Waals surface area contributed by atoms with Crippen LogP contribution < -0.4 is 9.47 Å². The van der Waals surface area contributed by atoms with Crippen LogP contribution in [0, 0.1) is 0 Å². The molecule has 1 saturated heterocycles. The van der Waals surface area contributed by atoms with Gasteiger partial charge in [0.25, 0.3) is 0 Å². The van der Waals surface area contributed by atoms with Crippen molar-refractivity contribution in [2.24, 2.45) is 0 Å². The molecule has 1 fully saturated rings. The highest BCUT2D eigenvalue weighted by molar-refractivity contribution is 7.18. The monoisotopic (exact) mass is 452 g/mol. The first-order chi connectivity index (χ1) is 15.6. The summed E-state index contributed by atoms with van der Waals surface area (Å²) in [6.45, 7) is 7.35. The number of aromatic nitrogens is 1. The fourth-order valence-electron chi connectivity index (χ4n) is 4.16. The van der Waals surface area contributed by atoms with Crippen molar-refractivity contribution in [2.75, 3.05) is 46.6 Å². The quantitative estimate of drug-likeness (QED) is 0.572. The Labute approximate surface area is 192 Å². The number of hydrogen-bond donors (Lipinski definition) is 0. The van der Waals surface area contributed by atoms with Crippen molar-refractivity contribution in [3.8, 4) is 11.5 Å². The van der Waals surface area contributed by atoms with E-state index in [9.17, 15) is 4.79 Å². The second-order valence-corrected chi connectivity index (χ2v) is 9.50. The zero-order chi connectivity index (χ0) is 22.1. The Kier molecular flexibility index (Phi) is 5.99. The summed E-state index contributed by atoms with van der Waals surface area (Å²) < 4.78 is 12.0. The summed E-state index contributed by atoms with van der Waals surface area (Å²) in [5, 5.41) is 0.982. The largest absolute Gasteiger partial charge is 0.454 e. The van der Waals surface area contributed by atoms with E-state index in [0.29, 0.717) is 13.3 Å². The standard InChI is InChI=1S/C24H28N4O3S/c1-17(24-25-19-5-3-4-6-22(19)32-24)26(2)23(29)15-28-11-9-27(10-12-28)14-18-7-8-20-21(13-18)31-16-30-20/h3-8,13,17H,9-12,14-16H2,1-2H3/t17-/m0/s1. The van der Waals surface area contributed by atoms with Gasteiger partial charge < -0.3 is 14.4 Å². The van der Waals surface area contributed by atoms with Crippen LogP contribution in [0.2, 0.25) is 0 Å². The number of nitrogens with zero attached hydrogens (tertiary/aromatic N) is 4. The molecule has 0 aliphatic carbocycles. The highest BCUT2D eigenvalue weighted by Crippen LogP contribution is 2.33. The molecule has 168 valence electrons. The SMILES string of the molecule is C[C@@H](c1nc2ccccc2s1)N(C)C(=O)CN1CCN(Cc2ccc3c(c2)OCO3)CC1. The van der Waals surface area contributed by atoms with Gasteiger partial charge in [0.15, 0.2) is 11.5 Å². The van der Waals surface area contributed by atoms with Crippen LogP contribution in [-0.4, -0.2) is 72.2 Å². The minimum Gasteiger partial charge on any atom is -0.454 e. The minimum absolute atomic E-state index is 0.0350. The highest BCUT2D eigenvalue weighted by Gasteiger charge is 2.25. The van der Waals surface area contributed by atoms with Gasteiger partial charge in [-0.3, -0.25) is 14.6 Å². The first-order valence-corrected chi connectivity index (χ1v) is 11.8. The molecule has 0 radical (unpaired) electrons. The van der Waals surface area contributed by atoms with E-state index >= 15 is 0 Å². The van der Waals surface area contributed by atoms with Gasteiger partial charge in [-0.15, -0.1) is 11.3 Å². The molecule has 3 aromatic rings. The summed E-state index contributed by atoms with van der Waals surface area (Å²) in [5.74, 6) is 1.79. The van der Waals surface area contributed by atoms with E-state index in [1.807, 2.05) is 36.2 Å². The van der Waals surface area contributed by atoms with Crippen LogP contribution in [0.5, 0.6) is 11.5 Å². The Morgan fingerprint density at radius 2 is 1.84 bits per heavy atom. The maximum Gasteiger partial charge on any atom is 0.237 e. The average Bonchev–Trinajstić information content (AvgIpc) is 3.46. The van der Waals surface area contributed by atoms with E-state index in [1.54, 1.807) is 11.3 Å². The Morgan fingerprint density at radius 3 is 2.66 bits per heavy atom. The van der Waals surface area contributed by atoms with E-state index in [-0.39, 0.29) is 11.9 Å². The minimum atomic E-state index is -0.0350. The third kappa shape index (κ3) is 4.44. The number of benzene rings is 2. The van der Waals surface area contributed by atoms with Crippen molar-refractivity contribution >= 4 is 27.5 Å². The number of ether oxygens (including phenoxy) is 2. The van der Waals surface area contributed by atoms with Gasteiger partial charge in [-0.05, 0) is 36.8 Å². The number of carbonyl (C=O) groups is 1. The second kappa shape index (κ2) is 9.05. The van der Waals surface area contributed by atoms with E-state index in [1.165, 1.54) is 5.56 Å². The van der Waals surface area contributed by atoms with Crippen LogP contribution in [0.4, 0.5) is 0 Å². The number of likely N-dealkylation sites (N-methyl/N-ethyl adjacent to an activating group) is 1. The molecule has 2 aliphatic heterocycles. The number of hydrogen-bond acceptors (Lipinski definition) is 7. The molecule has 0 unspecified atom stereocenters. The van der Waals surface area contributed by atoms with E-state index in [4.69, 9.17) is 14.5 Å². The zero-order valence-corrected chi connectivity index (χ0v) is 19.3. The average molecular weight is 453 g/mol. The smallest absolute Gasteiger partial charge is 0.237 e. The Hall–Kier alpha value is -2.68. The van der Waals surface area contributed by atoms with Crippen LogP contribution in [0.25, 0.3) is 10.2 Å². The molecule has 0 saturated carbocycles. The lowest BCUT2D eigenvalue weighted by Crippen LogP contribution is -2.49. The number of piperazine rings is 1. The number of amides is 1. The van der Waals surface area contributed by atoms with Gasteiger partial charge in [0.2, 0.25) is 12.7 Å². The Bertz CT molecular complexity index is 1080. The van der Waals surface area contributed by atoms with Gasteiger partial charge in [-0.2, -0.15) is 0 Å². The lowest BCUT2D eigenvalue weighted by molar-refractivity contribution is -0.133. The van der Waals surface area contributed by atoms with Crippen molar-refractivity contribution in [2.45, 2.75) is 19.5 Å². The van der Waals surface area contributed by atoms with Crippen molar-refractivity contribution in [1.82, 2.24) is 19.7 Å². The van der Waals surface area contributed by atoms with E-state index in [2.05, 4.69) is 34.9 Å². The lowest BCUT2D eigenvalue weighted by Gasteiger charge is -2.35. The predicted octanol–water partition coefficient (Wildman–Crippen LogP) is 3.36. The molecule has 0 N–H and O–H groups in total. The van der Waals surface area contributed by atoms with Crippen LogP contribution >= 0.6 is 11.3 Å². The molecule has 1 atom stereocenters. The van der Waals surface area contributed by atoms with Gasteiger partial charge in [0, 0.05) is 39.8 Å². The first kappa shape index (κ1) is 21.2. The van der Waals surface area contributed by atoms with Crippen molar-refractivity contribution < 1.29 is 14.3 Å². The van der Waals surface area contributed by atoms with Gasteiger partial charge in [0.1, 0.15) is 5.01 Å². The molecule has 32 heavy (non-hydrogen) atoms. The topological polar surface area (TPSA) is 58.1 Å². The molecule has 2 aliphatic rings. The van der Waals surface area contributed by atoms with E-state index in [0.717, 1.165) is 59.4 Å². The number of rotatable bonds is 6. The van der Waals surface area contributed by atoms with Crippen LogP contribution in [0.3, 0.4) is 0 Å². The van der Waals surface area contributed by atoms with Crippen LogP contribution in [0.15, 0.2) is 42.5 Å². The van der Waals surface area contributed by atoms with Gasteiger partial charge in [-0.25, -0.2) is 4.98 Å². The molecular weight excluding hydrogens is 424 g/mol. The normalized spacial score (nSPS) is 17.6.